The summed E-state index contributed by atoms with van der Waals surface area (Å²) >= 11 is 3.20. The Labute approximate surface area is 142 Å². The van der Waals surface area contributed by atoms with Gasteiger partial charge in [-0.05, 0) is 49.9 Å². The zero-order valence-corrected chi connectivity index (χ0v) is 14.8. The van der Waals surface area contributed by atoms with Gasteiger partial charge >= 0.3 is 5.97 Å². The number of fused-ring (bicyclic) bond motifs is 1. The van der Waals surface area contributed by atoms with Gasteiger partial charge in [-0.3, -0.25) is 0 Å². The molecule has 3 aromatic rings. The van der Waals surface area contributed by atoms with Crippen LogP contribution in [0.5, 0.6) is 0 Å². The van der Waals surface area contributed by atoms with E-state index in [2.05, 4.69) is 4.98 Å². The Morgan fingerprint density at radius 1 is 1.26 bits per heavy atom. The summed E-state index contributed by atoms with van der Waals surface area (Å²) in [6, 6.07) is 9.48. The van der Waals surface area contributed by atoms with Gasteiger partial charge in [-0.2, -0.15) is 0 Å². The van der Waals surface area contributed by atoms with E-state index in [1.807, 2.05) is 37.4 Å². The van der Waals surface area contributed by atoms with Crippen LogP contribution in [0.4, 0.5) is 0 Å². The van der Waals surface area contributed by atoms with Gasteiger partial charge in [0.2, 0.25) is 0 Å². The maximum atomic E-state index is 11.9. The smallest absolute Gasteiger partial charge is 0.338 e. The van der Waals surface area contributed by atoms with Crippen molar-refractivity contribution < 1.29 is 9.53 Å². The molecule has 0 radical (unpaired) electrons. The number of pyridine rings is 1. The van der Waals surface area contributed by atoms with Crippen molar-refractivity contribution in [2.75, 3.05) is 12.9 Å². The van der Waals surface area contributed by atoms with Crippen LogP contribution in [0.1, 0.15) is 22.8 Å². The van der Waals surface area contributed by atoms with E-state index in [1.165, 1.54) is 0 Å². The number of thioether (sulfide) groups is 1. The van der Waals surface area contributed by atoms with Gasteiger partial charge in [0.1, 0.15) is 10.3 Å². The van der Waals surface area contributed by atoms with Crippen molar-refractivity contribution in [2.45, 2.75) is 18.2 Å². The summed E-state index contributed by atoms with van der Waals surface area (Å²) in [5, 5.41) is 0. The first-order valence-corrected chi connectivity index (χ1v) is 9.26. The molecule has 2 aromatic heterocycles. The lowest BCUT2D eigenvalue weighted by Gasteiger charge is -2.08. The van der Waals surface area contributed by atoms with Gasteiger partial charge < -0.3 is 4.74 Å². The minimum absolute atomic E-state index is 0.308. The second-order valence-corrected chi connectivity index (χ2v) is 6.99. The van der Waals surface area contributed by atoms with Gasteiger partial charge in [-0.15, -0.1) is 0 Å². The summed E-state index contributed by atoms with van der Waals surface area (Å²) in [5.41, 5.74) is 4.30. The molecule has 0 N–H and O–H groups in total. The molecule has 3 rings (SSSR count). The van der Waals surface area contributed by atoms with Crippen molar-refractivity contribution >= 4 is 39.4 Å². The molecule has 0 bridgehead atoms. The number of aromatic nitrogens is 2. The number of rotatable bonds is 4. The number of nitrogens with zero attached hydrogens (tertiary/aromatic N) is 2. The number of ether oxygens (including phenoxy) is 1. The number of thiazole rings is 1. The molecule has 2 heterocycles. The Morgan fingerprint density at radius 2 is 2.09 bits per heavy atom. The van der Waals surface area contributed by atoms with E-state index < -0.39 is 0 Å². The molecule has 118 valence electrons. The van der Waals surface area contributed by atoms with Crippen LogP contribution in [0, 0.1) is 6.92 Å². The highest BCUT2D eigenvalue weighted by molar-refractivity contribution is 8.00. The minimum Gasteiger partial charge on any atom is -0.462 e. The molecule has 0 saturated carbocycles. The second-order valence-electron chi connectivity index (χ2n) is 4.95. The first-order chi connectivity index (χ1) is 11.1. The molecule has 23 heavy (non-hydrogen) atoms. The minimum atomic E-state index is -0.308. The fourth-order valence-electron chi connectivity index (χ4n) is 2.27. The van der Waals surface area contributed by atoms with Gasteiger partial charge in [0.05, 0.1) is 17.9 Å². The van der Waals surface area contributed by atoms with Gasteiger partial charge in [0, 0.05) is 5.56 Å². The average molecular weight is 344 g/mol. The predicted octanol–water partition coefficient (Wildman–Crippen LogP) is 4.57. The molecule has 6 heteroatoms. The molecule has 0 saturated heterocycles. The molecule has 0 aliphatic carbocycles. The Bertz CT molecular complexity index is 874. The number of esters is 1. The molecule has 0 aliphatic rings. The SMILES string of the molecule is CCOC(=O)c1ccc(C)c(-c2ccc3nc(SC)sc3n2)c1. The van der Waals surface area contributed by atoms with Crippen molar-refractivity contribution in [2.24, 2.45) is 0 Å². The van der Waals surface area contributed by atoms with Crippen molar-refractivity contribution in [1.29, 1.82) is 0 Å². The second kappa shape index (κ2) is 6.68. The van der Waals surface area contributed by atoms with E-state index in [9.17, 15) is 4.79 Å². The fraction of sp³-hybridized carbons (Fsp3) is 0.235. The zero-order chi connectivity index (χ0) is 16.4. The standard InChI is InChI=1S/C17H16N2O2S2/c1-4-21-16(20)11-6-5-10(2)12(9-11)13-7-8-14-15(18-13)23-17(19-14)22-3/h5-9H,4H2,1-3H3. The summed E-state index contributed by atoms with van der Waals surface area (Å²) < 4.78 is 6.08. The van der Waals surface area contributed by atoms with Crippen molar-refractivity contribution in [3.8, 4) is 11.3 Å². The number of hydrogen-bond donors (Lipinski definition) is 0. The van der Waals surface area contributed by atoms with Crippen LogP contribution in [0.2, 0.25) is 0 Å². The average Bonchev–Trinajstić information content (AvgIpc) is 2.97. The Hall–Kier alpha value is -1.92. The molecule has 0 atom stereocenters. The molecule has 4 nitrogen and oxygen atoms in total. The lowest BCUT2D eigenvalue weighted by molar-refractivity contribution is 0.0526. The van der Waals surface area contributed by atoms with Crippen molar-refractivity contribution in [3.05, 3.63) is 41.5 Å². The number of benzene rings is 1. The fourth-order valence-corrected chi connectivity index (χ4v) is 3.71. The van der Waals surface area contributed by atoms with Crippen LogP contribution in [0.3, 0.4) is 0 Å². The Kier molecular flexibility index (Phi) is 4.63. The van der Waals surface area contributed by atoms with Crippen LogP contribution in [0.15, 0.2) is 34.7 Å². The van der Waals surface area contributed by atoms with E-state index in [4.69, 9.17) is 9.72 Å². The Morgan fingerprint density at radius 3 is 2.83 bits per heavy atom. The highest BCUT2D eigenvalue weighted by atomic mass is 32.2. The van der Waals surface area contributed by atoms with Crippen molar-refractivity contribution in [1.82, 2.24) is 9.97 Å². The molecule has 0 aliphatic heterocycles. The third-order valence-electron chi connectivity index (χ3n) is 3.44. The van der Waals surface area contributed by atoms with Crippen LogP contribution in [-0.4, -0.2) is 28.8 Å². The van der Waals surface area contributed by atoms with Crippen LogP contribution >= 0.6 is 23.1 Å². The van der Waals surface area contributed by atoms with E-state index in [0.717, 1.165) is 31.5 Å². The van der Waals surface area contributed by atoms with Gasteiger partial charge in [0.25, 0.3) is 0 Å². The molecule has 0 amide bonds. The van der Waals surface area contributed by atoms with E-state index in [1.54, 1.807) is 36.1 Å². The highest BCUT2D eigenvalue weighted by Gasteiger charge is 2.12. The van der Waals surface area contributed by atoms with Crippen LogP contribution in [-0.2, 0) is 4.74 Å². The molecule has 0 fully saturated rings. The van der Waals surface area contributed by atoms with Crippen LogP contribution < -0.4 is 0 Å². The molecule has 0 spiro atoms. The predicted molar refractivity (Wildman–Crippen MR) is 95.3 cm³/mol. The van der Waals surface area contributed by atoms with Gasteiger partial charge in [0.15, 0.2) is 4.34 Å². The topological polar surface area (TPSA) is 52.1 Å². The summed E-state index contributed by atoms with van der Waals surface area (Å²) in [6.45, 7) is 4.18. The van der Waals surface area contributed by atoms with Crippen molar-refractivity contribution in [3.63, 3.8) is 0 Å². The Balaban J connectivity index is 2.06. The summed E-state index contributed by atoms with van der Waals surface area (Å²) in [5.74, 6) is -0.308. The summed E-state index contributed by atoms with van der Waals surface area (Å²) in [4.78, 5) is 22.1. The van der Waals surface area contributed by atoms with E-state index in [-0.39, 0.29) is 5.97 Å². The van der Waals surface area contributed by atoms with Gasteiger partial charge in [-0.1, -0.05) is 29.2 Å². The number of aryl methyl sites for hydroxylation is 1. The summed E-state index contributed by atoms with van der Waals surface area (Å²) in [7, 11) is 0. The third kappa shape index (κ3) is 3.23. The molecule has 0 unspecified atom stereocenters. The van der Waals surface area contributed by atoms with E-state index in [0.29, 0.717) is 12.2 Å². The number of hydrogen-bond acceptors (Lipinski definition) is 6. The third-order valence-corrected chi connectivity index (χ3v) is 5.39. The summed E-state index contributed by atoms with van der Waals surface area (Å²) in [6.07, 6.45) is 2.01. The zero-order valence-electron chi connectivity index (χ0n) is 13.1. The maximum Gasteiger partial charge on any atom is 0.338 e. The quantitative estimate of drug-likeness (QED) is 0.513. The molecular formula is C17H16N2O2S2. The van der Waals surface area contributed by atoms with E-state index >= 15 is 0 Å². The normalized spacial score (nSPS) is 10.9. The number of carbonyl (C=O) groups excluding carboxylic acids is 1. The van der Waals surface area contributed by atoms with Crippen LogP contribution in [0.25, 0.3) is 21.6 Å². The monoisotopic (exact) mass is 344 g/mol. The number of carbonyl (C=O) groups is 1. The lowest BCUT2D eigenvalue weighted by Crippen LogP contribution is -2.05. The highest BCUT2D eigenvalue weighted by Crippen LogP contribution is 2.30. The first-order valence-electron chi connectivity index (χ1n) is 7.22. The molecular weight excluding hydrogens is 328 g/mol. The first kappa shape index (κ1) is 16.0. The lowest BCUT2D eigenvalue weighted by atomic mass is 10.0. The molecule has 1 aromatic carbocycles. The largest absolute Gasteiger partial charge is 0.462 e. The maximum absolute atomic E-state index is 11.9. The van der Waals surface area contributed by atoms with Gasteiger partial charge in [-0.25, -0.2) is 14.8 Å².